The first-order valence-corrected chi connectivity index (χ1v) is 7.31. The fourth-order valence-corrected chi connectivity index (χ4v) is 2.00. The van der Waals surface area contributed by atoms with Gasteiger partial charge in [-0.05, 0) is 51.4 Å². The fraction of sp³-hybridized carbons (Fsp3) is 0.600. The standard InChI is InChI=1S/C15H24BrNO/c1-5-15(2,3)17(4)11-10-14(18)12-6-8-13(16)9-7-12/h6-9,14,18H,5,10-11H2,1-4H3. The summed E-state index contributed by atoms with van der Waals surface area (Å²) in [5.41, 5.74) is 1.18. The Morgan fingerprint density at radius 1 is 1.28 bits per heavy atom. The van der Waals surface area contributed by atoms with Crippen molar-refractivity contribution in [3.05, 3.63) is 34.3 Å². The summed E-state index contributed by atoms with van der Waals surface area (Å²) >= 11 is 3.40. The Morgan fingerprint density at radius 2 is 1.83 bits per heavy atom. The van der Waals surface area contributed by atoms with Gasteiger partial charge in [-0.1, -0.05) is 35.0 Å². The molecule has 0 aromatic heterocycles. The van der Waals surface area contributed by atoms with Crippen LogP contribution in [0.1, 0.15) is 45.3 Å². The number of hydrogen-bond acceptors (Lipinski definition) is 2. The van der Waals surface area contributed by atoms with Gasteiger partial charge in [-0.2, -0.15) is 0 Å². The Morgan fingerprint density at radius 3 is 2.33 bits per heavy atom. The molecule has 1 rings (SSSR count). The third-order valence-corrected chi connectivity index (χ3v) is 4.42. The molecule has 0 aliphatic carbocycles. The van der Waals surface area contributed by atoms with E-state index in [0.717, 1.165) is 29.4 Å². The Labute approximate surface area is 119 Å². The average molecular weight is 314 g/mol. The molecule has 18 heavy (non-hydrogen) atoms. The van der Waals surface area contributed by atoms with E-state index in [0.29, 0.717) is 0 Å². The Bertz CT molecular complexity index is 361. The Kier molecular flexibility index (Phi) is 5.83. The summed E-state index contributed by atoms with van der Waals surface area (Å²) in [5.74, 6) is 0. The first-order chi connectivity index (χ1) is 8.36. The molecule has 2 nitrogen and oxygen atoms in total. The van der Waals surface area contributed by atoms with Crippen LogP contribution in [0.4, 0.5) is 0 Å². The number of hydrogen-bond donors (Lipinski definition) is 1. The van der Waals surface area contributed by atoms with Gasteiger partial charge in [-0.15, -0.1) is 0 Å². The topological polar surface area (TPSA) is 23.5 Å². The van der Waals surface area contributed by atoms with Gasteiger partial charge in [0, 0.05) is 16.6 Å². The summed E-state index contributed by atoms with van der Waals surface area (Å²) in [6, 6.07) is 7.88. The lowest BCUT2D eigenvalue weighted by Gasteiger charge is -2.35. The molecule has 1 atom stereocenters. The van der Waals surface area contributed by atoms with E-state index in [4.69, 9.17) is 0 Å². The third-order valence-electron chi connectivity index (χ3n) is 3.89. The highest BCUT2D eigenvalue weighted by molar-refractivity contribution is 9.10. The summed E-state index contributed by atoms with van der Waals surface area (Å²) in [6.45, 7) is 7.57. The molecule has 0 amide bonds. The van der Waals surface area contributed by atoms with Crippen molar-refractivity contribution in [2.75, 3.05) is 13.6 Å². The van der Waals surface area contributed by atoms with Crippen molar-refractivity contribution in [3.63, 3.8) is 0 Å². The van der Waals surface area contributed by atoms with Crippen LogP contribution >= 0.6 is 15.9 Å². The van der Waals surface area contributed by atoms with E-state index in [1.165, 1.54) is 0 Å². The molecule has 0 fully saturated rings. The van der Waals surface area contributed by atoms with E-state index in [1.807, 2.05) is 24.3 Å². The summed E-state index contributed by atoms with van der Waals surface area (Å²) in [7, 11) is 2.12. The van der Waals surface area contributed by atoms with Crippen molar-refractivity contribution in [1.29, 1.82) is 0 Å². The van der Waals surface area contributed by atoms with Gasteiger partial charge in [0.2, 0.25) is 0 Å². The lowest BCUT2D eigenvalue weighted by molar-refractivity contribution is 0.105. The monoisotopic (exact) mass is 313 g/mol. The van der Waals surface area contributed by atoms with Gasteiger partial charge in [0.25, 0.3) is 0 Å². The van der Waals surface area contributed by atoms with Gasteiger partial charge in [-0.25, -0.2) is 0 Å². The molecular formula is C15H24BrNO. The average Bonchev–Trinajstić information content (AvgIpc) is 2.36. The van der Waals surface area contributed by atoms with Crippen LogP contribution in [0.3, 0.4) is 0 Å². The molecule has 102 valence electrons. The molecule has 1 N–H and O–H groups in total. The SMILES string of the molecule is CCC(C)(C)N(C)CCC(O)c1ccc(Br)cc1. The molecule has 0 bridgehead atoms. The van der Waals surface area contributed by atoms with Gasteiger partial charge in [-0.3, -0.25) is 0 Å². The van der Waals surface area contributed by atoms with Crippen LogP contribution in [0.15, 0.2) is 28.7 Å². The number of aliphatic hydroxyl groups is 1. The van der Waals surface area contributed by atoms with Gasteiger partial charge in [0.15, 0.2) is 0 Å². The number of benzene rings is 1. The van der Waals surface area contributed by atoms with Gasteiger partial charge >= 0.3 is 0 Å². The quantitative estimate of drug-likeness (QED) is 0.858. The van der Waals surface area contributed by atoms with E-state index in [2.05, 4.69) is 48.6 Å². The summed E-state index contributed by atoms with van der Waals surface area (Å²) in [6.07, 6.45) is 1.49. The number of rotatable bonds is 6. The largest absolute Gasteiger partial charge is 0.388 e. The van der Waals surface area contributed by atoms with E-state index in [9.17, 15) is 5.11 Å². The van der Waals surface area contributed by atoms with Crippen molar-refractivity contribution in [2.24, 2.45) is 0 Å². The van der Waals surface area contributed by atoms with Crippen molar-refractivity contribution < 1.29 is 5.11 Å². The number of nitrogens with zero attached hydrogens (tertiary/aromatic N) is 1. The van der Waals surface area contributed by atoms with E-state index in [1.54, 1.807) is 0 Å². The third kappa shape index (κ3) is 4.38. The molecule has 3 heteroatoms. The predicted octanol–water partition coefficient (Wildman–Crippen LogP) is 3.99. The number of aliphatic hydroxyl groups excluding tert-OH is 1. The molecular weight excluding hydrogens is 290 g/mol. The molecule has 1 unspecified atom stereocenters. The smallest absolute Gasteiger partial charge is 0.0802 e. The highest BCUT2D eigenvalue weighted by Crippen LogP contribution is 2.22. The maximum Gasteiger partial charge on any atom is 0.0802 e. The maximum atomic E-state index is 10.2. The van der Waals surface area contributed by atoms with Crippen LogP contribution in [-0.2, 0) is 0 Å². The van der Waals surface area contributed by atoms with Gasteiger partial charge in [0.05, 0.1) is 6.10 Å². The van der Waals surface area contributed by atoms with Gasteiger partial charge < -0.3 is 10.0 Å². The zero-order chi connectivity index (χ0) is 13.8. The molecule has 1 aromatic carbocycles. The summed E-state index contributed by atoms with van der Waals surface area (Å²) < 4.78 is 1.04. The van der Waals surface area contributed by atoms with E-state index < -0.39 is 0 Å². The molecule has 0 aliphatic rings. The Balaban J connectivity index is 2.51. The minimum atomic E-state index is -0.381. The van der Waals surface area contributed by atoms with Crippen LogP contribution in [0.5, 0.6) is 0 Å². The first kappa shape index (κ1) is 15.7. The van der Waals surface area contributed by atoms with E-state index in [-0.39, 0.29) is 11.6 Å². The highest BCUT2D eigenvalue weighted by atomic mass is 79.9. The zero-order valence-corrected chi connectivity index (χ0v) is 13.4. The van der Waals surface area contributed by atoms with Crippen LogP contribution < -0.4 is 0 Å². The molecule has 0 aliphatic heterocycles. The molecule has 1 aromatic rings. The van der Waals surface area contributed by atoms with Crippen molar-refractivity contribution >= 4 is 15.9 Å². The molecule has 0 saturated heterocycles. The summed E-state index contributed by atoms with van der Waals surface area (Å²) in [5, 5.41) is 10.2. The Hall–Kier alpha value is -0.380. The highest BCUT2D eigenvalue weighted by Gasteiger charge is 2.21. The summed E-state index contributed by atoms with van der Waals surface area (Å²) in [4.78, 5) is 2.31. The normalized spacial score (nSPS) is 13.9. The minimum Gasteiger partial charge on any atom is -0.388 e. The van der Waals surface area contributed by atoms with Crippen LogP contribution in [0, 0.1) is 0 Å². The number of halogens is 1. The molecule has 0 saturated carbocycles. The second kappa shape index (κ2) is 6.69. The van der Waals surface area contributed by atoms with Crippen LogP contribution in [-0.4, -0.2) is 29.1 Å². The van der Waals surface area contributed by atoms with Crippen LogP contribution in [0.25, 0.3) is 0 Å². The molecule has 0 radical (unpaired) electrons. The van der Waals surface area contributed by atoms with Crippen molar-refractivity contribution in [2.45, 2.75) is 45.3 Å². The van der Waals surface area contributed by atoms with Crippen molar-refractivity contribution in [3.8, 4) is 0 Å². The van der Waals surface area contributed by atoms with E-state index >= 15 is 0 Å². The maximum absolute atomic E-state index is 10.2. The fourth-order valence-electron chi connectivity index (χ4n) is 1.74. The minimum absolute atomic E-state index is 0.194. The zero-order valence-electron chi connectivity index (χ0n) is 11.8. The lowest BCUT2D eigenvalue weighted by atomic mass is 9.99. The van der Waals surface area contributed by atoms with Crippen molar-refractivity contribution in [1.82, 2.24) is 4.90 Å². The first-order valence-electron chi connectivity index (χ1n) is 6.51. The molecule has 0 heterocycles. The predicted molar refractivity (Wildman–Crippen MR) is 80.7 cm³/mol. The second-order valence-corrected chi connectivity index (χ2v) is 6.36. The van der Waals surface area contributed by atoms with Gasteiger partial charge in [0.1, 0.15) is 0 Å². The molecule has 0 spiro atoms. The van der Waals surface area contributed by atoms with Crippen LogP contribution in [0.2, 0.25) is 0 Å². The lowest BCUT2D eigenvalue weighted by Crippen LogP contribution is -2.41. The second-order valence-electron chi connectivity index (χ2n) is 5.44.